The van der Waals surface area contributed by atoms with Gasteiger partial charge in [-0.2, -0.15) is 0 Å². The monoisotopic (exact) mass is 412 g/mol. The molecule has 2 aliphatic heterocycles. The zero-order valence-electron chi connectivity index (χ0n) is 16.9. The van der Waals surface area contributed by atoms with Crippen LogP contribution in [0.5, 0.6) is 5.75 Å². The fourth-order valence-corrected chi connectivity index (χ4v) is 3.76. The Morgan fingerprint density at radius 2 is 1.77 bits per heavy atom. The van der Waals surface area contributed by atoms with Crippen LogP contribution in [0.3, 0.4) is 0 Å². The highest BCUT2D eigenvalue weighted by atomic mass is 16.6. The average molecular weight is 412 g/mol. The summed E-state index contributed by atoms with van der Waals surface area (Å²) in [6, 6.07) is 9.63. The second-order valence-corrected chi connectivity index (χ2v) is 7.77. The highest BCUT2D eigenvalue weighted by Gasteiger charge is 2.33. The van der Waals surface area contributed by atoms with Crippen molar-refractivity contribution in [2.45, 2.75) is 32.2 Å². The molecule has 0 saturated carbocycles. The minimum atomic E-state index is -0.451. The Hall–Kier alpha value is -3.20. The topological polar surface area (TPSA) is 98.0 Å². The molecular weight excluding hydrogens is 388 g/mol. The van der Waals surface area contributed by atoms with Crippen molar-refractivity contribution in [3.05, 3.63) is 58.3 Å². The van der Waals surface area contributed by atoms with Gasteiger partial charge in [-0.15, -0.1) is 0 Å². The summed E-state index contributed by atoms with van der Waals surface area (Å²) in [7, 11) is 0. The molecule has 4 rings (SSSR count). The molecule has 1 aromatic heterocycles. The van der Waals surface area contributed by atoms with Gasteiger partial charge in [0.15, 0.2) is 0 Å². The van der Waals surface area contributed by atoms with Gasteiger partial charge in [0.1, 0.15) is 17.7 Å². The minimum absolute atomic E-state index is 0.0182. The highest BCUT2D eigenvalue weighted by Crippen LogP contribution is 2.23. The van der Waals surface area contributed by atoms with Gasteiger partial charge in [-0.1, -0.05) is 0 Å². The third-order valence-corrected chi connectivity index (χ3v) is 5.22. The number of carbonyl (C=O) groups excluding carboxylic acids is 1. The lowest BCUT2D eigenvalue weighted by Gasteiger charge is -2.39. The van der Waals surface area contributed by atoms with Crippen molar-refractivity contribution >= 4 is 17.4 Å². The summed E-state index contributed by atoms with van der Waals surface area (Å²) < 4.78 is 11.5. The zero-order valence-corrected chi connectivity index (χ0v) is 16.9. The van der Waals surface area contributed by atoms with Crippen molar-refractivity contribution < 1.29 is 19.2 Å². The number of amides is 1. The minimum Gasteiger partial charge on any atom is -0.487 e. The Bertz CT molecular complexity index is 902. The van der Waals surface area contributed by atoms with Crippen molar-refractivity contribution in [1.29, 1.82) is 0 Å². The second kappa shape index (κ2) is 8.27. The van der Waals surface area contributed by atoms with Crippen molar-refractivity contribution in [2.24, 2.45) is 0 Å². The van der Waals surface area contributed by atoms with E-state index in [4.69, 9.17) is 9.47 Å². The fourth-order valence-electron chi connectivity index (χ4n) is 3.76. The van der Waals surface area contributed by atoms with Crippen LogP contribution < -0.4 is 9.64 Å². The molecule has 1 aromatic carbocycles. The summed E-state index contributed by atoms with van der Waals surface area (Å²) in [5.41, 5.74) is 0.562. The molecule has 2 aliphatic rings. The Kier molecular flexibility index (Phi) is 5.54. The maximum atomic E-state index is 12.7. The quantitative estimate of drug-likeness (QED) is 0.550. The van der Waals surface area contributed by atoms with Gasteiger partial charge in [-0.25, -0.2) is 4.98 Å². The molecule has 9 nitrogen and oxygen atoms in total. The van der Waals surface area contributed by atoms with Gasteiger partial charge in [-0.05, 0) is 38.1 Å². The highest BCUT2D eigenvalue weighted by molar-refractivity contribution is 5.94. The summed E-state index contributed by atoms with van der Waals surface area (Å²) in [6.45, 7) is 6.57. The first kappa shape index (κ1) is 20.1. The molecule has 1 amide bonds. The Morgan fingerprint density at radius 1 is 1.10 bits per heavy atom. The van der Waals surface area contributed by atoms with Gasteiger partial charge in [-0.3, -0.25) is 14.9 Å². The van der Waals surface area contributed by atoms with E-state index in [1.165, 1.54) is 12.1 Å². The zero-order chi connectivity index (χ0) is 21.3. The van der Waals surface area contributed by atoms with Gasteiger partial charge < -0.3 is 19.3 Å². The number of ether oxygens (including phenoxy) is 2. The van der Waals surface area contributed by atoms with E-state index in [1.807, 2.05) is 19.9 Å². The molecular formula is C21H24N4O5. The van der Waals surface area contributed by atoms with Crippen LogP contribution in [0.1, 0.15) is 24.2 Å². The van der Waals surface area contributed by atoms with Gasteiger partial charge >= 0.3 is 0 Å². The molecule has 0 aliphatic carbocycles. The number of non-ortho nitro benzene ring substituents is 1. The number of aromatic nitrogens is 1. The number of nitro benzene ring substituents is 1. The average Bonchev–Trinajstić information content (AvgIpc) is 2.69. The number of benzene rings is 1. The van der Waals surface area contributed by atoms with Crippen LogP contribution in [0.15, 0.2) is 42.6 Å². The Morgan fingerprint density at radius 3 is 2.33 bits per heavy atom. The van der Waals surface area contributed by atoms with Crippen molar-refractivity contribution in [1.82, 2.24) is 9.88 Å². The molecule has 2 atom stereocenters. The lowest BCUT2D eigenvalue weighted by Crippen LogP contribution is -2.56. The lowest BCUT2D eigenvalue weighted by atomic mass is 10.1. The molecule has 0 radical (unpaired) electrons. The van der Waals surface area contributed by atoms with Crippen LogP contribution in [-0.2, 0) is 4.74 Å². The first-order valence-corrected chi connectivity index (χ1v) is 9.96. The normalized spacial score (nSPS) is 21.8. The summed E-state index contributed by atoms with van der Waals surface area (Å²) in [4.78, 5) is 31.3. The van der Waals surface area contributed by atoms with E-state index in [1.54, 1.807) is 29.3 Å². The molecule has 2 unspecified atom stereocenters. The number of rotatable bonds is 5. The van der Waals surface area contributed by atoms with Crippen LogP contribution in [0, 0.1) is 10.1 Å². The van der Waals surface area contributed by atoms with E-state index in [-0.39, 0.29) is 29.9 Å². The molecule has 158 valence electrons. The van der Waals surface area contributed by atoms with Crippen LogP contribution in [0.2, 0.25) is 0 Å². The van der Waals surface area contributed by atoms with E-state index in [0.29, 0.717) is 24.4 Å². The van der Waals surface area contributed by atoms with Crippen molar-refractivity contribution in [2.75, 3.05) is 31.1 Å². The molecule has 2 saturated heterocycles. The first-order chi connectivity index (χ1) is 14.4. The number of nitro groups is 1. The van der Waals surface area contributed by atoms with E-state index < -0.39 is 4.92 Å². The molecule has 0 bridgehead atoms. The number of hydrogen-bond acceptors (Lipinski definition) is 7. The third-order valence-electron chi connectivity index (χ3n) is 5.22. The van der Waals surface area contributed by atoms with Crippen LogP contribution in [-0.4, -0.2) is 65.2 Å². The smallest absolute Gasteiger partial charge is 0.269 e. The molecule has 0 N–H and O–H groups in total. The largest absolute Gasteiger partial charge is 0.487 e. The number of nitrogens with zero attached hydrogens (tertiary/aromatic N) is 4. The van der Waals surface area contributed by atoms with Crippen LogP contribution >= 0.6 is 0 Å². The summed E-state index contributed by atoms with van der Waals surface area (Å²) in [5, 5.41) is 10.7. The SMILES string of the molecule is CC1CN(c2ccc(C(=O)N3CC(Oc4ccc([N+](=O)[O-])cc4)C3)cn2)CC(C)O1. The predicted octanol–water partition coefficient (Wildman–Crippen LogP) is 2.51. The van der Waals surface area contributed by atoms with E-state index in [9.17, 15) is 14.9 Å². The maximum Gasteiger partial charge on any atom is 0.269 e. The van der Waals surface area contributed by atoms with Gasteiger partial charge in [0.2, 0.25) is 0 Å². The van der Waals surface area contributed by atoms with Crippen molar-refractivity contribution in [3.8, 4) is 5.75 Å². The number of carbonyl (C=O) groups is 1. The van der Waals surface area contributed by atoms with Crippen molar-refractivity contribution in [3.63, 3.8) is 0 Å². The molecule has 9 heteroatoms. The molecule has 0 spiro atoms. The predicted molar refractivity (Wildman–Crippen MR) is 110 cm³/mol. The first-order valence-electron chi connectivity index (χ1n) is 9.96. The molecule has 3 heterocycles. The van der Waals surface area contributed by atoms with Crippen LogP contribution in [0.4, 0.5) is 11.5 Å². The van der Waals surface area contributed by atoms with E-state index in [2.05, 4.69) is 9.88 Å². The Labute approximate surface area is 174 Å². The number of pyridine rings is 1. The van der Waals surface area contributed by atoms with Gasteiger partial charge in [0.05, 0.1) is 35.8 Å². The molecule has 30 heavy (non-hydrogen) atoms. The number of likely N-dealkylation sites (tertiary alicyclic amines) is 1. The maximum absolute atomic E-state index is 12.7. The summed E-state index contributed by atoms with van der Waals surface area (Å²) >= 11 is 0. The number of hydrogen-bond donors (Lipinski definition) is 0. The van der Waals surface area contributed by atoms with Gasteiger partial charge in [0.25, 0.3) is 11.6 Å². The standard InChI is InChI=1S/C21H24N4O5/c1-14-10-23(11-15(2)29-14)20-8-3-16(9-22-20)21(26)24-12-19(13-24)30-18-6-4-17(5-7-18)25(27)28/h3-9,14-15,19H,10-13H2,1-2H3. The number of anilines is 1. The van der Waals surface area contributed by atoms with E-state index >= 15 is 0 Å². The lowest BCUT2D eigenvalue weighted by molar-refractivity contribution is -0.384. The molecule has 2 aromatic rings. The third kappa shape index (κ3) is 4.35. The fraction of sp³-hybridized carbons (Fsp3) is 0.429. The van der Waals surface area contributed by atoms with Gasteiger partial charge in [0, 0.05) is 31.4 Å². The molecule has 2 fully saturated rings. The Balaban J connectivity index is 1.30. The van der Waals surface area contributed by atoms with Crippen LogP contribution in [0.25, 0.3) is 0 Å². The number of morpholine rings is 1. The second-order valence-electron chi connectivity index (χ2n) is 7.77. The summed E-state index contributed by atoms with van der Waals surface area (Å²) in [6.07, 6.45) is 1.78. The van der Waals surface area contributed by atoms with E-state index in [0.717, 1.165) is 18.9 Å². The summed E-state index contributed by atoms with van der Waals surface area (Å²) in [5.74, 6) is 1.32.